The van der Waals surface area contributed by atoms with Crippen molar-refractivity contribution in [3.05, 3.63) is 53.1 Å². The molecule has 0 heterocycles. The largest absolute Gasteiger partial charge is 0.496 e. The molecular weight excluding hydrogens is 1370 g/mol. The lowest BCUT2D eigenvalue weighted by Gasteiger charge is -2.47. The van der Waals surface area contributed by atoms with Crippen LogP contribution in [-0.4, -0.2) is 201 Å². The van der Waals surface area contributed by atoms with E-state index in [1.165, 1.54) is 79.1 Å². The molecule has 3 aromatic rings. The van der Waals surface area contributed by atoms with Crippen molar-refractivity contribution < 1.29 is 114 Å². The topological polar surface area (TPSA) is 364 Å². The first kappa shape index (κ1) is 84.6. The molecule has 3 fully saturated rings. The molecule has 0 aromatic heterocycles. The first-order valence-corrected chi connectivity index (χ1v) is 35.2. The van der Waals surface area contributed by atoms with Crippen LogP contribution in [0.5, 0.6) is 51.7 Å². The number of carbonyl (C=O) groups excluding carboxylic acids is 9. The van der Waals surface area contributed by atoms with Crippen molar-refractivity contribution >= 4 is 55.2 Å². The van der Waals surface area contributed by atoms with E-state index in [1.807, 2.05) is 20.8 Å². The Balaban J connectivity index is 1.07. The van der Waals surface area contributed by atoms with Gasteiger partial charge in [0, 0.05) is 61.0 Å². The summed E-state index contributed by atoms with van der Waals surface area (Å²) in [4.78, 5) is 116. The summed E-state index contributed by atoms with van der Waals surface area (Å²) in [6.07, 6.45) is 3.67. The Morgan fingerprint density at radius 3 is 1.07 bits per heavy atom. The number of nitrogens with one attached hydrogen (secondary N) is 6. The molecule has 3 aliphatic rings. The summed E-state index contributed by atoms with van der Waals surface area (Å²) in [7, 11) is 8.54. The van der Waals surface area contributed by atoms with Crippen LogP contribution >= 0.6 is 0 Å². The van der Waals surface area contributed by atoms with E-state index >= 15 is 0 Å². The van der Waals surface area contributed by atoms with Crippen LogP contribution in [0.2, 0.25) is 0 Å². The Bertz CT molecular complexity index is 3250. The maximum atomic E-state index is 14.2. The molecule has 30 nitrogen and oxygen atoms in total. The number of aldehydes is 3. The summed E-state index contributed by atoms with van der Waals surface area (Å²) in [5.74, 6) is 1.95. The van der Waals surface area contributed by atoms with E-state index in [-0.39, 0.29) is 140 Å². The van der Waals surface area contributed by atoms with Gasteiger partial charge in [0.2, 0.25) is 17.4 Å². The van der Waals surface area contributed by atoms with Gasteiger partial charge in [-0.3, -0.25) is 19.2 Å². The van der Waals surface area contributed by atoms with Crippen molar-refractivity contribution in [2.24, 2.45) is 32.5 Å². The zero-order valence-corrected chi connectivity index (χ0v) is 63.8. The minimum absolute atomic E-state index is 0.00969. The first-order valence-electron chi connectivity index (χ1n) is 35.2. The van der Waals surface area contributed by atoms with Crippen molar-refractivity contribution in [1.29, 1.82) is 0 Å². The van der Waals surface area contributed by atoms with Crippen LogP contribution in [0.15, 0.2) is 36.4 Å². The van der Waals surface area contributed by atoms with E-state index in [2.05, 4.69) is 73.4 Å². The molecule has 6 rings (SSSR count). The van der Waals surface area contributed by atoms with Crippen molar-refractivity contribution in [3.8, 4) is 51.7 Å². The average Bonchev–Trinajstić information content (AvgIpc) is 0.830. The molecule has 0 saturated heterocycles. The highest BCUT2D eigenvalue weighted by molar-refractivity contribution is 5.84. The maximum Gasteiger partial charge on any atom is 0.407 e. The molecule has 7 unspecified atom stereocenters. The van der Waals surface area contributed by atoms with E-state index in [0.717, 1.165) is 0 Å². The number of alkyl carbamates (subject to hydrolysis) is 5. The number of methoxy groups -OCH3 is 6. The Morgan fingerprint density at radius 2 is 0.752 bits per heavy atom. The fourth-order valence-corrected chi connectivity index (χ4v) is 15.5. The summed E-state index contributed by atoms with van der Waals surface area (Å²) in [6.45, 7) is 19.1. The lowest BCUT2D eigenvalue weighted by molar-refractivity contribution is -0.145. The average molecular weight is 1480 g/mol. The van der Waals surface area contributed by atoms with Gasteiger partial charge in [-0.05, 0) is 121 Å². The summed E-state index contributed by atoms with van der Waals surface area (Å²) >= 11 is 0. The van der Waals surface area contributed by atoms with Crippen LogP contribution in [0.25, 0.3) is 0 Å². The SMILES string of the molecule is CCC(COC(=O)NC1CC(C)(C)CC(C)(CNC(=O)OCCOc2cc(OC)c(C=O)c(OC)c2)C1)(COC(=O)NC1CC(C)(C)CC(C)(CNC(=O)OCCOc2c(OC)cc(C=O)cc2OC)C1)OCC(=O)NC1CC(C)(C)CC(C)(CNC(=O)OCCOc2c(OC)cc(C=O)cc2OC)C1. The monoisotopic (exact) mass is 1480 g/mol. The third-order valence-corrected chi connectivity index (χ3v) is 19.0. The van der Waals surface area contributed by atoms with Crippen molar-refractivity contribution in [3.63, 3.8) is 0 Å². The molecule has 30 heteroatoms. The molecule has 6 N–H and O–H groups in total. The lowest BCUT2D eigenvalue weighted by Crippen LogP contribution is -2.53. The first-order chi connectivity index (χ1) is 49.6. The van der Waals surface area contributed by atoms with E-state index < -0.39 is 90.1 Å². The minimum atomic E-state index is -1.55. The van der Waals surface area contributed by atoms with Gasteiger partial charge in [-0.2, -0.15) is 0 Å². The Hall–Kier alpha value is -9.35. The number of hydrogen-bond donors (Lipinski definition) is 6. The Kier molecular flexibility index (Phi) is 30.7. The second-order valence-corrected chi connectivity index (χ2v) is 30.7. The van der Waals surface area contributed by atoms with Crippen LogP contribution in [-0.2, 0) is 33.2 Å². The van der Waals surface area contributed by atoms with Crippen LogP contribution in [0.4, 0.5) is 24.0 Å². The molecular formula is C75H110N6O24. The number of ether oxygens (including phenoxy) is 15. The van der Waals surface area contributed by atoms with Crippen LogP contribution in [0, 0.1) is 32.5 Å². The molecule has 0 aliphatic heterocycles. The van der Waals surface area contributed by atoms with Gasteiger partial charge in [-0.15, -0.1) is 0 Å². The van der Waals surface area contributed by atoms with Crippen LogP contribution in [0.3, 0.4) is 0 Å². The van der Waals surface area contributed by atoms with Gasteiger partial charge in [-0.1, -0.05) is 69.2 Å². The predicted octanol–water partition coefficient (Wildman–Crippen LogP) is 10.4. The minimum Gasteiger partial charge on any atom is -0.496 e. The summed E-state index contributed by atoms with van der Waals surface area (Å²) in [5, 5.41) is 17.8. The number of benzene rings is 3. The van der Waals surface area contributed by atoms with Gasteiger partial charge in [-0.25, -0.2) is 24.0 Å². The third kappa shape index (κ3) is 26.0. The highest BCUT2D eigenvalue weighted by Gasteiger charge is 2.46. The molecule has 7 atom stereocenters. The normalized spacial score (nSPS) is 21.8. The standard InChI is InChI=1S/C75H110N6O24/c1-17-75(46-103-67(89)80-51-31-70(4,5)41-73(9,34-51)44-77-64(86)100-21-18-97-53-28-55(91-11)54(38-84)56(29-53)92-12,47-104-68(90)81-52-32-71(6,7)42-74(10,35-52)45-78-66(88)102-23-20-99-63-59(95-15)26-49(37-83)27-60(63)96-16)105-39-61(85)79-50-30-69(2,3)40-72(8,33-50)43-76-65(87)101-22-19-98-62-57(93-13)24-48(36-82)25-58(62)94-14/h24-29,36-38,50-52H,17-23,30-35,39-47H2,1-16H3,(H,76,87)(H,77,86)(H,78,88)(H,79,85)(H,80,89)(H,81,90). The molecule has 3 saturated carbocycles. The Labute approximate surface area is 615 Å². The summed E-state index contributed by atoms with van der Waals surface area (Å²) < 4.78 is 84.4. The fraction of sp³-hybridized carbons (Fsp3) is 0.640. The van der Waals surface area contributed by atoms with Crippen LogP contribution < -0.4 is 74.5 Å². The van der Waals surface area contributed by atoms with E-state index in [0.29, 0.717) is 93.5 Å². The third-order valence-electron chi connectivity index (χ3n) is 19.0. The molecule has 584 valence electrons. The summed E-state index contributed by atoms with van der Waals surface area (Å²) in [6, 6.07) is 7.88. The van der Waals surface area contributed by atoms with Crippen molar-refractivity contribution in [2.75, 3.05) is 122 Å². The molecule has 3 aliphatic carbocycles. The van der Waals surface area contributed by atoms with Gasteiger partial charge in [0.15, 0.2) is 29.3 Å². The van der Waals surface area contributed by atoms with Crippen LogP contribution in [0.1, 0.15) is 165 Å². The second-order valence-electron chi connectivity index (χ2n) is 30.7. The number of rotatable bonds is 38. The maximum absolute atomic E-state index is 14.2. The zero-order chi connectivity index (χ0) is 77.4. The molecule has 6 amide bonds. The van der Waals surface area contributed by atoms with E-state index in [4.69, 9.17) is 71.1 Å². The number of amides is 6. The Morgan fingerprint density at radius 1 is 0.419 bits per heavy atom. The molecule has 3 aromatic carbocycles. The van der Waals surface area contributed by atoms with Gasteiger partial charge < -0.3 is 103 Å². The number of carbonyl (C=O) groups is 9. The zero-order valence-electron chi connectivity index (χ0n) is 63.8. The molecule has 0 spiro atoms. The quantitative estimate of drug-likeness (QED) is 0.0176. The summed E-state index contributed by atoms with van der Waals surface area (Å²) in [5.41, 5.74) is -3.09. The molecule has 0 radical (unpaired) electrons. The lowest BCUT2D eigenvalue weighted by atomic mass is 9.62. The van der Waals surface area contributed by atoms with Gasteiger partial charge in [0.05, 0.1) is 48.2 Å². The van der Waals surface area contributed by atoms with E-state index in [1.54, 1.807) is 6.92 Å². The highest BCUT2D eigenvalue weighted by Crippen LogP contribution is 2.49. The fourth-order valence-electron chi connectivity index (χ4n) is 15.5. The number of hydrogen-bond acceptors (Lipinski definition) is 24. The molecule has 0 bridgehead atoms. The van der Waals surface area contributed by atoms with Gasteiger partial charge in [0.1, 0.15) is 94.9 Å². The van der Waals surface area contributed by atoms with Gasteiger partial charge in [0.25, 0.3) is 0 Å². The smallest absolute Gasteiger partial charge is 0.407 e. The second kappa shape index (κ2) is 38.1. The highest BCUT2D eigenvalue weighted by atomic mass is 16.6. The predicted molar refractivity (Wildman–Crippen MR) is 384 cm³/mol. The van der Waals surface area contributed by atoms with Gasteiger partial charge >= 0.3 is 30.5 Å². The van der Waals surface area contributed by atoms with E-state index in [9.17, 15) is 43.2 Å². The molecule has 105 heavy (non-hydrogen) atoms. The van der Waals surface area contributed by atoms with Crippen molar-refractivity contribution in [2.45, 2.75) is 157 Å². The van der Waals surface area contributed by atoms with Crippen molar-refractivity contribution in [1.82, 2.24) is 31.9 Å².